The van der Waals surface area contributed by atoms with Crippen LogP contribution in [-0.4, -0.2) is 34.2 Å². The number of aromatic nitrogens is 1. The quantitative estimate of drug-likeness (QED) is 0.670. The Balaban J connectivity index is 1.55. The van der Waals surface area contributed by atoms with Crippen LogP contribution in [0.4, 0.5) is 5.69 Å². The zero-order chi connectivity index (χ0) is 20.7. The Labute approximate surface area is 166 Å². The largest absolute Gasteiger partial charge is 0.324 e. The zero-order valence-corrected chi connectivity index (χ0v) is 16.0. The third-order valence-corrected chi connectivity index (χ3v) is 5.22. The number of amides is 3. The molecule has 7 nitrogen and oxygen atoms in total. The number of aryl methyl sites for hydroxylation is 1. The molecule has 7 heteroatoms. The molecule has 1 aliphatic heterocycles. The maximum atomic E-state index is 12.5. The van der Waals surface area contributed by atoms with E-state index in [1.165, 1.54) is 0 Å². The molecule has 0 fully saturated rings. The predicted octanol–water partition coefficient (Wildman–Crippen LogP) is 2.63. The van der Waals surface area contributed by atoms with Crippen molar-refractivity contribution in [2.75, 3.05) is 11.9 Å². The number of benzene rings is 2. The third-order valence-electron chi connectivity index (χ3n) is 5.22. The number of fused-ring (bicyclic) bond motifs is 2. The van der Waals surface area contributed by atoms with E-state index < -0.39 is 17.7 Å². The number of carbonyl (C=O) groups is 3. The van der Waals surface area contributed by atoms with Crippen LogP contribution in [0.25, 0.3) is 10.9 Å². The fourth-order valence-electron chi connectivity index (χ4n) is 3.74. The number of H-pyrrole nitrogens is 1. The lowest BCUT2D eigenvalue weighted by atomic mass is 10.0. The second-order valence-electron chi connectivity index (χ2n) is 6.96. The molecule has 0 saturated heterocycles. The molecule has 2 heterocycles. The molecule has 0 radical (unpaired) electrons. The van der Waals surface area contributed by atoms with Gasteiger partial charge in [0.25, 0.3) is 17.4 Å². The van der Waals surface area contributed by atoms with Crippen molar-refractivity contribution in [1.29, 1.82) is 0 Å². The minimum atomic E-state index is -0.497. The van der Waals surface area contributed by atoms with Gasteiger partial charge in [-0.3, -0.25) is 24.1 Å². The number of hydrogen-bond donors (Lipinski definition) is 2. The number of nitrogens with zero attached hydrogens (tertiary/aromatic N) is 1. The first-order chi connectivity index (χ1) is 13.9. The highest BCUT2D eigenvalue weighted by atomic mass is 16.2. The molecule has 1 aromatic heterocycles. The summed E-state index contributed by atoms with van der Waals surface area (Å²) < 4.78 is 0. The van der Waals surface area contributed by atoms with Crippen LogP contribution in [0.1, 0.15) is 38.8 Å². The molecule has 3 amide bonds. The van der Waals surface area contributed by atoms with Gasteiger partial charge in [0.1, 0.15) is 6.54 Å². The lowest BCUT2D eigenvalue weighted by molar-refractivity contribution is -0.116. The Morgan fingerprint density at radius 3 is 2.31 bits per heavy atom. The normalized spacial score (nSPS) is 13.1. The van der Waals surface area contributed by atoms with E-state index in [-0.39, 0.29) is 12.1 Å². The Bertz CT molecular complexity index is 1210. The first-order valence-corrected chi connectivity index (χ1v) is 9.31. The van der Waals surface area contributed by atoms with Crippen molar-refractivity contribution < 1.29 is 14.4 Å². The highest BCUT2D eigenvalue weighted by Crippen LogP contribution is 2.23. The Morgan fingerprint density at radius 2 is 1.69 bits per heavy atom. The van der Waals surface area contributed by atoms with Crippen LogP contribution in [0.5, 0.6) is 0 Å². The average Bonchev–Trinajstić information content (AvgIpc) is 2.93. The van der Waals surface area contributed by atoms with Crippen molar-refractivity contribution >= 4 is 34.3 Å². The van der Waals surface area contributed by atoms with Gasteiger partial charge < -0.3 is 10.3 Å². The molecule has 2 aromatic carbocycles. The highest BCUT2D eigenvalue weighted by Gasteiger charge is 2.36. The summed E-state index contributed by atoms with van der Waals surface area (Å²) in [6.45, 7) is 3.45. The van der Waals surface area contributed by atoms with Crippen LogP contribution in [0, 0.1) is 6.92 Å². The summed E-state index contributed by atoms with van der Waals surface area (Å²) in [6, 6.07) is 11.7. The molecule has 29 heavy (non-hydrogen) atoms. The van der Waals surface area contributed by atoms with E-state index >= 15 is 0 Å². The van der Waals surface area contributed by atoms with E-state index in [0.717, 1.165) is 21.4 Å². The van der Waals surface area contributed by atoms with Gasteiger partial charge in [0.05, 0.1) is 16.6 Å². The van der Waals surface area contributed by atoms with Crippen LogP contribution in [0.2, 0.25) is 0 Å². The SMILES string of the molecule is CCc1c(C)c2ccc(NC(=O)CN3C(=O)c4ccccc4C3=O)cc2[nH]c1=O. The molecule has 0 unspecified atom stereocenters. The minimum Gasteiger partial charge on any atom is -0.324 e. The summed E-state index contributed by atoms with van der Waals surface area (Å²) in [5.74, 6) is -1.46. The topological polar surface area (TPSA) is 99.3 Å². The fraction of sp³-hybridized carbons (Fsp3) is 0.182. The summed E-state index contributed by atoms with van der Waals surface area (Å²) in [4.78, 5) is 53.2. The summed E-state index contributed by atoms with van der Waals surface area (Å²) in [5, 5.41) is 3.59. The number of aromatic amines is 1. The molecule has 4 rings (SSSR count). The predicted molar refractivity (Wildman–Crippen MR) is 109 cm³/mol. The first kappa shape index (κ1) is 18.6. The molecule has 146 valence electrons. The molecule has 0 spiro atoms. The minimum absolute atomic E-state index is 0.146. The van der Waals surface area contributed by atoms with Crippen molar-refractivity contribution in [2.24, 2.45) is 0 Å². The molecule has 0 aliphatic carbocycles. The van der Waals surface area contributed by atoms with Gasteiger partial charge in [-0.2, -0.15) is 0 Å². The van der Waals surface area contributed by atoms with E-state index in [1.54, 1.807) is 36.4 Å². The van der Waals surface area contributed by atoms with Crippen molar-refractivity contribution in [2.45, 2.75) is 20.3 Å². The Kier molecular flexibility index (Phi) is 4.50. The van der Waals surface area contributed by atoms with E-state index in [2.05, 4.69) is 10.3 Å². The smallest absolute Gasteiger partial charge is 0.262 e. The van der Waals surface area contributed by atoms with Crippen LogP contribution in [-0.2, 0) is 11.2 Å². The molecule has 3 aromatic rings. The highest BCUT2D eigenvalue weighted by molar-refractivity contribution is 6.22. The van der Waals surface area contributed by atoms with Crippen LogP contribution < -0.4 is 10.9 Å². The van der Waals surface area contributed by atoms with Crippen molar-refractivity contribution in [1.82, 2.24) is 9.88 Å². The standard InChI is InChI=1S/C22H19N3O4/c1-3-14-12(2)15-9-8-13(10-18(15)24-20(14)27)23-19(26)11-25-21(28)16-6-4-5-7-17(16)22(25)29/h4-10H,3,11H2,1-2H3,(H,23,26)(H,24,27). The summed E-state index contributed by atoms with van der Waals surface area (Å²) in [5.41, 5.74) is 3.19. The second-order valence-corrected chi connectivity index (χ2v) is 6.96. The van der Waals surface area contributed by atoms with Gasteiger partial charge >= 0.3 is 0 Å². The van der Waals surface area contributed by atoms with Gasteiger partial charge in [0.2, 0.25) is 5.91 Å². The molecule has 0 bridgehead atoms. The summed E-state index contributed by atoms with van der Waals surface area (Å²) >= 11 is 0. The van der Waals surface area contributed by atoms with Gasteiger partial charge in [-0.1, -0.05) is 25.1 Å². The van der Waals surface area contributed by atoms with Gasteiger partial charge in [0, 0.05) is 16.6 Å². The van der Waals surface area contributed by atoms with E-state index in [4.69, 9.17) is 0 Å². The van der Waals surface area contributed by atoms with Crippen LogP contribution >= 0.6 is 0 Å². The zero-order valence-electron chi connectivity index (χ0n) is 16.0. The summed E-state index contributed by atoms with van der Waals surface area (Å²) in [7, 11) is 0. The first-order valence-electron chi connectivity index (χ1n) is 9.31. The fourth-order valence-corrected chi connectivity index (χ4v) is 3.74. The van der Waals surface area contributed by atoms with Gasteiger partial charge in [-0.15, -0.1) is 0 Å². The van der Waals surface area contributed by atoms with Gasteiger partial charge in [-0.25, -0.2) is 0 Å². The molecule has 2 N–H and O–H groups in total. The van der Waals surface area contributed by atoms with E-state index in [1.807, 2.05) is 19.9 Å². The monoisotopic (exact) mass is 389 g/mol. The molecule has 0 atom stereocenters. The number of imide groups is 1. The third kappa shape index (κ3) is 3.10. The summed E-state index contributed by atoms with van der Waals surface area (Å²) in [6.07, 6.45) is 0.635. The van der Waals surface area contributed by atoms with Crippen molar-refractivity contribution in [3.63, 3.8) is 0 Å². The maximum Gasteiger partial charge on any atom is 0.262 e. The number of pyridine rings is 1. The van der Waals surface area contributed by atoms with Crippen LogP contribution in [0.3, 0.4) is 0 Å². The van der Waals surface area contributed by atoms with E-state index in [0.29, 0.717) is 28.8 Å². The molecular formula is C22H19N3O4. The van der Waals surface area contributed by atoms with Crippen molar-refractivity contribution in [3.05, 3.63) is 75.1 Å². The molecule has 0 saturated carbocycles. The number of rotatable bonds is 4. The maximum absolute atomic E-state index is 12.5. The Morgan fingerprint density at radius 1 is 1.03 bits per heavy atom. The number of nitrogens with one attached hydrogen (secondary N) is 2. The van der Waals surface area contributed by atoms with Gasteiger partial charge in [0.15, 0.2) is 0 Å². The molecule has 1 aliphatic rings. The lowest BCUT2D eigenvalue weighted by Crippen LogP contribution is -2.37. The number of anilines is 1. The average molecular weight is 389 g/mol. The lowest BCUT2D eigenvalue weighted by Gasteiger charge is -2.14. The molecular weight excluding hydrogens is 370 g/mol. The van der Waals surface area contributed by atoms with E-state index in [9.17, 15) is 19.2 Å². The number of carbonyl (C=O) groups excluding carboxylic acids is 3. The second kappa shape index (κ2) is 7.01. The van der Waals surface area contributed by atoms with Crippen molar-refractivity contribution in [3.8, 4) is 0 Å². The van der Waals surface area contributed by atoms with Gasteiger partial charge in [-0.05, 0) is 43.2 Å². The Hall–Kier alpha value is -3.74. The van der Waals surface area contributed by atoms with Crippen LogP contribution in [0.15, 0.2) is 47.3 Å². The number of hydrogen-bond acceptors (Lipinski definition) is 4.